The van der Waals surface area contributed by atoms with Crippen molar-refractivity contribution in [2.45, 2.75) is 19.3 Å². The van der Waals surface area contributed by atoms with Crippen LogP contribution in [0.2, 0.25) is 0 Å². The van der Waals surface area contributed by atoms with Crippen molar-refractivity contribution in [3.63, 3.8) is 0 Å². The molecule has 72 valence electrons. The Kier molecular flexibility index (Phi) is 2.35. The van der Waals surface area contributed by atoms with E-state index in [0.717, 1.165) is 11.3 Å². The first-order valence-corrected chi connectivity index (χ1v) is 4.68. The molecule has 1 unspecified atom stereocenters. The minimum Gasteiger partial charge on any atom is -0.870 e. The smallest absolute Gasteiger partial charge is 0.310 e. The van der Waals surface area contributed by atoms with E-state index in [9.17, 15) is 5.11 Å². The van der Waals surface area contributed by atoms with E-state index in [0.29, 0.717) is 6.42 Å². The van der Waals surface area contributed by atoms with E-state index in [1.165, 1.54) is 6.26 Å². The topological polar surface area (TPSA) is 34.4 Å². The Morgan fingerprint density at radius 3 is 2.71 bits per heavy atom. The average molecular weight is 188 g/mol. The van der Waals surface area contributed by atoms with Crippen LogP contribution in [0.25, 0.3) is 0 Å². The van der Waals surface area contributed by atoms with Gasteiger partial charge in [0.15, 0.2) is 0 Å². The van der Waals surface area contributed by atoms with Gasteiger partial charge >= 0.3 is 12.0 Å². The lowest BCUT2D eigenvalue weighted by molar-refractivity contribution is -0.407. The summed E-state index contributed by atoms with van der Waals surface area (Å²) in [6.07, 6.45) is 1.82. The van der Waals surface area contributed by atoms with Crippen molar-refractivity contribution in [3.05, 3.63) is 47.9 Å². The highest BCUT2D eigenvalue weighted by atomic mass is 16.4. The van der Waals surface area contributed by atoms with Gasteiger partial charge in [-0.2, -0.15) is 0 Å². The molecule has 1 aromatic carbocycles. The molecule has 0 N–H and O–H groups in total. The third-order valence-electron chi connectivity index (χ3n) is 2.47. The molecule has 0 amide bonds. The van der Waals surface area contributed by atoms with Crippen LogP contribution in [0, 0.1) is 0 Å². The maximum Gasteiger partial charge on any atom is 0.310 e. The molecule has 0 bridgehead atoms. The van der Waals surface area contributed by atoms with Crippen LogP contribution in [-0.4, -0.2) is 5.78 Å². The molecule has 2 rings (SSSR count). The van der Waals surface area contributed by atoms with Crippen molar-refractivity contribution in [2.24, 2.45) is 0 Å². The molecule has 0 fully saturated rings. The summed E-state index contributed by atoms with van der Waals surface area (Å²) in [6.45, 7) is 1.92. The molecular weight excluding hydrogens is 176 g/mol. The molecular formula is C12H12O2. The Balaban J connectivity index is 2.30. The Bertz CT molecular complexity index is 377. The fourth-order valence-corrected chi connectivity index (χ4v) is 1.67. The summed E-state index contributed by atoms with van der Waals surface area (Å²) in [5, 5.41) is 11.2. The molecule has 1 aromatic rings. The number of ketones is 1. The summed E-state index contributed by atoms with van der Waals surface area (Å²) in [5.41, 5.74) is 1.14. The van der Waals surface area contributed by atoms with Crippen LogP contribution in [0.4, 0.5) is 0 Å². The minimum atomic E-state index is 0.0597. The van der Waals surface area contributed by atoms with Crippen molar-refractivity contribution in [2.75, 3.05) is 0 Å². The quantitative estimate of drug-likeness (QED) is 0.615. The predicted octanol–water partition coefficient (Wildman–Crippen LogP) is 1.50. The molecule has 0 aliphatic carbocycles. The highest BCUT2D eigenvalue weighted by Gasteiger charge is 2.25. The van der Waals surface area contributed by atoms with Gasteiger partial charge < -0.3 is 5.11 Å². The summed E-state index contributed by atoms with van der Waals surface area (Å²) in [6, 6.07) is 9.97. The van der Waals surface area contributed by atoms with Crippen molar-refractivity contribution in [1.82, 2.24) is 0 Å². The molecule has 0 aromatic heterocycles. The molecule has 0 spiro atoms. The highest BCUT2D eigenvalue weighted by Crippen LogP contribution is 2.25. The van der Waals surface area contributed by atoms with Gasteiger partial charge in [0.25, 0.3) is 0 Å². The first-order chi connectivity index (χ1) is 6.77. The van der Waals surface area contributed by atoms with Crippen LogP contribution in [0.1, 0.15) is 24.8 Å². The van der Waals surface area contributed by atoms with E-state index in [2.05, 4.69) is 0 Å². The Labute approximate surface area is 83.2 Å². The highest BCUT2D eigenvalue weighted by molar-refractivity contribution is 5.84. The van der Waals surface area contributed by atoms with Gasteiger partial charge in [-0.05, 0) is 17.7 Å². The third-order valence-corrected chi connectivity index (χ3v) is 2.47. The predicted molar refractivity (Wildman–Crippen MR) is 52.6 cm³/mol. The maximum absolute atomic E-state index is 11.2. The third kappa shape index (κ3) is 1.69. The van der Waals surface area contributed by atoms with Crippen molar-refractivity contribution < 1.29 is 9.53 Å². The molecule has 1 aliphatic heterocycles. The monoisotopic (exact) mass is 188 g/mol. The summed E-state index contributed by atoms with van der Waals surface area (Å²) in [7, 11) is 0. The molecule has 0 saturated carbocycles. The van der Waals surface area contributed by atoms with Crippen molar-refractivity contribution in [1.29, 1.82) is 0 Å². The lowest BCUT2D eigenvalue weighted by atomic mass is 9.91. The lowest BCUT2D eigenvalue weighted by Crippen LogP contribution is -2.20. The molecule has 14 heavy (non-hydrogen) atoms. The second-order valence-electron chi connectivity index (χ2n) is 3.48. The van der Waals surface area contributed by atoms with Crippen LogP contribution in [0.3, 0.4) is 0 Å². The number of hydrogen-bond donors (Lipinski definition) is 0. The molecule has 0 radical (unpaired) electrons. The standard InChI is InChI=1S/C12H12O2/c1-9-12(7-11(13)8-14-9)10-5-3-2-4-6-10/h2-6,8,12H,7H2,1H3. The van der Waals surface area contributed by atoms with Crippen LogP contribution in [-0.2, 0) is 4.42 Å². The minimum absolute atomic E-state index is 0.0597. The Morgan fingerprint density at radius 2 is 2.00 bits per heavy atom. The summed E-state index contributed by atoms with van der Waals surface area (Å²) >= 11 is 0. The number of carbonyl (C=O) groups excluding carboxylic acids is 1. The van der Waals surface area contributed by atoms with Gasteiger partial charge in [-0.25, -0.2) is 4.42 Å². The number of rotatable bonds is 1. The zero-order valence-electron chi connectivity index (χ0n) is 8.07. The summed E-state index contributed by atoms with van der Waals surface area (Å²) in [5.74, 6) is 1.08. The zero-order valence-corrected chi connectivity index (χ0v) is 8.07. The molecule has 1 heterocycles. The van der Waals surface area contributed by atoms with Gasteiger partial charge in [0.1, 0.15) is 0 Å². The molecule has 0 saturated heterocycles. The Morgan fingerprint density at radius 1 is 1.29 bits per heavy atom. The largest absolute Gasteiger partial charge is 0.870 e. The molecule has 1 atom stereocenters. The summed E-state index contributed by atoms with van der Waals surface area (Å²) in [4.78, 5) is 0. The molecule has 1 aliphatic rings. The fourth-order valence-electron chi connectivity index (χ4n) is 1.67. The van der Waals surface area contributed by atoms with E-state index >= 15 is 0 Å². The van der Waals surface area contributed by atoms with E-state index in [1.54, 1.807) is 0 Å². The first-order valence-electron chi connectivity index (χ1n) is 4.68. The van der Waals surface area contributed by atoms with Crippen LogP contribution in [0.5, 0.6) is 0 Å². The van der Waals surface area contributed by atoms with Gasteiger partial charge in [0.2, 0.25) is 0 Å². The van der Waals surface area contributed by atoms with Gasteiger partial charge in [-0.1, -0.05) is 30.3 Å². The van der Waals surface area contributed by atoms with Crippen molar-refractivity contribution >= 4 is 5.78 Å². The van der Waals surface area contributed by atoms with Gasteiger partial charge in [-0.15, -0.1) is 0 Å². The maximum atomic E-state index is 11.2. The van der Waals surface area contributed by atoms with Crippen LogP contribution < -0.4 is 5.11 Å². The van der Waals surface area contributed by atoms with E-state index in [-0.39, 0.29) is 11.7 Å². The van der Waals surface area contributed by atoms with E-state index in [4.69, 9.17) is 4.42 Å². The second kappa shape index (κ2) is 3.66. The number of hydrogen-bond acceptors (Lipinski definition) is 1. The summed E-state index contributed by atoms with van der Waals surface area (Å²) < 4.78 is 5.20. The second-order valence-corrected chi connectivity index (χ2v) is 3.48. The lowest BCUT2D eigenvalue weighted by Gasteiger charge is -2.17. The first kappa shape index (κ1) is 9.00. The van der Waals surface area contributed by atoms with Crippen LogP contribution in [0.15, 0.2) is 42.4 Å². The fraction of sp³-hybridized carbons (Fsp3) is 0.250. The number of allylic oxidation sites excluding steroid dienone is 1. The van der Waals surface area contributed by atoms with Gasteiger partial charge in [0, 0.05) is 6.92 Å². The zero-order chi connectivity index (χ0) is 9.97. The average Bonchev–Trinajstić information content (AvgIpc) is 2.23. The van der Waals surface area contributed by atoms with Gasteiger partial charge in [0.05, 0.1) is 5.92 Å². The van der Waals surface area contributed by atoms with Crippen molar-refractivity contribution in [3.8, 4) is 0 Å². The molecule has 2 nitrogen and oxygen atoms in total. The number of benzene rings is 1. The van der Waals surface area contributed by atoms with Gasteiger partial charge in [-0.3, -0.25) is 0 Å². The van der Waals surface area contributed by atoms with Crippen LogP contribution >= 0.6 is 0 Å². The van der Waals surface area contributed by atoms with E-state index in [1.807, 2.05) is 37.3 Å². The SMILES string of the molecule is CC1=[O+]C=C([O-])CC1c1ccccc1. The Hall–Kier alpha value is -1.57. The normalized spacial score (nSPS) is 21.4. The van der Waals surface area contributed by atoms with E-state index < -0.39 is 0 Å². The molecule has 2 heteroatoms.